The van der Waals surface area contributed by atoms with E-state index >= 15 is 0 Å². The van der Waals surface area contributed by atoms with E-state index < -0.39 is 0 Å². The maximum absolute atomic E-state index is 4.94. The van der Waals surface area contributed by atoms with Crippen molar-refractivity contribution in [3.05, 3.63) is 0 Å². The molecule has 0 amide bonds. The quantitative estimate of drug-likeness (QED) is 0.523. The zero-order valence-electron chi connectivity index (χ0n) is 7.64. The summed E-state index contributed by atoms with van der Waals surface area (Å²) in [6.07, 6.45) is 2.56. The second-order valence-corrected chi connectivity index (χ2v) is 1.73. The SMILES string of the molecule is C1CCOC1.CC.COC. The first-order valence-electron chi connectivity index (χ1n) is 3.89. The molecule has 2 nitrogen and oxygen atoms in total. The predicted molar refractivity (Wildman–Crippen MR) is 44.3 cm³/mol. The van der Waals surface area contributed by atoms with Crippen LogP contribution in [0.2, 0.25) is 0 Å². The van der Waals surface area contributed by atoms with Gasteiger partial charge < -0.3 is 9.47 Å². The fraction of sp³-hybridized carbons (Fsp3) is 1.00. The van der Waals surface area contributed by atoms with Crippen LogP contribution in [0, 0.1) is 0 Å². The third-order valence-electron chi connectivity index (χ3n) is 0.827. The Hall–Kier alpha value is -0.0800. The number of ether oxygens (including phenoxy) is 2. The van der Waals surface area contributed by atoms with Gasteiger partial charge in [0.2, 0.25) is 0 Å². The van der Waals surface area contributed by atoms with E-state index in [1.165, 1.54) is 12.8 Å². The zero-order valence-corrected chi connectivity index (χ0v) is 7.64. The Morgan fingerprint density at radius 1 is 1.00 bits per heavy atom. The highest BCUT2D eigenvalue weighted by atomic mass is 16.5. The molecule has 0 saturated carbocycles. The summed E-state index contributed by atoms with van der Waals surface area (Å²) in [6.45, 7) is 6.00. The molecular formula is C8H20O2. The molecule has 1 aliphatic heterocycles. The van der Waals surface area contributed by atoms with E-state index in [4.69, 9.17) is 4.74 Å². The van der Waals surface area contributed by atoms with Gasteiger partial charge in [0.1, 0.15) is 0 Å². The first-order chi connectivity index (χ1) is 4.91. The molecular weight excluding hydrogens is 128 g/mol. The average Bonchev–Trinajstić information content (AvgIpc) is 2.48. The van der Waals surface area contributed by atoms with E-state index in [9.17, 15) is 0 Å². The topological polar surface area (TPSA) is 18.5 Å². The van der Waals surface area contributed by atoms with Gasteiger partial charge in [-0.05, 0) is 12.8 Å². The van der Waals surface area contributed by atoms with Crippen LogP contribution in [0.25, 0.3) is 0 Å². The maximum atomic E-state index is 4.94. The summed E-state index contributed by atoms with van der Waals surface area (Å²) in [7, 11) is 3.25. The summed E-state index contributed by atoms with van der Waals surface area (Å²) in [5.41, 5.74) is 0. The smallest absolute Gasteiger partial charge is 0.0466 e. The largest absolute Gasteiger partial charge is 0.388 e. The van der Waals surface area contributed by atoms with E-state index in [2.05, 4.69) is 4.74 Å². The minimum absolute atomic E-state index is 1.00. The Balaban J connectivity index is 0. The van der Waals surface area contributed by atoms with Gasteiger partial charge in [-0.1, -0.05) is 13.8 Å². The molecule has 2 heteroatoms. The molecule has 0 unspecified atom stereocenters. The zero-order chi connectivity index (χ0) is 8.24. The second kappa shape index (κ2) is 16.0. The van der Waals surface area contributed by atoms with Crippen molar-refractivity contribution in [3.8, 4) is 0 Å². The molecule has 0 aliphatic carbocycles. The molecule has 0 atom stereocenters. The van der Waals surface area contributed by atoms with E-state index in [1.807, 2.05) is 13.8 Å². The van der Waals surface area contributed by atoms with Crippen molar-refractivity contribution in [1.29, 1.82) is 0 Å². The molecule has 1 heterocycles. The maximum Gasteiger partial charge on any atom is 0.0466 e. The normalized spacial score (nSPS) is 14.4. The van der Waals surface area contributed by atoms with Crippen molar-refractivity contribution in [2.45, 2.75) is 26.7 Å². The summed E-state index contributed by atoms with van der Waals surface area (Å²) >= 11 is 0. The first kappa shape index (κ1) is 12.6. The fourth-order valence-corrected chi connectivity index (χ4v) is 0.510. The van der Waals surface area contributed by atoms with Crippen LogP contribution in [0.1, 0.15) is 26.7 Å². The molecule has 0 aromatic rings. The Kier molecular flexibility index (Phi) is 20.1. The third-order valence-corrected chi connectivity index (χ3v) is 0.827. The molecule has 1 fully saturated rings. The number of hydrogen-bond donors (Lipinski definition) is 0. The molecule has 10 heavy (non-hydrogen) atoms. The van der Waals surface area contributed by atoms with Crippen molar-refractivity contribution < 1.29 is 9.47 Å². The van der Waals surface area contributed by atoms with Crippen molar-refractivity contribution in [1.82, 2.24) is 0 Å². The molecule has 0 bridgehead atoms. The van der Waals surface area contributed by atoms with Crippen molar-refractivity contribution in [2.75, 3.05) is 27.4 Å². The second-order valence-electron chi connectivity index (χ2n) is 1.73. The van der Waals surface area contributed by atoms with Crippen LogP contribution in [-0.4, -0.2) is 27.4 Å². The molecule has 0 radical (unpaired) electrons. The minimum Gasteiger partial charge on any atom is -0.388 e. The molecule has 1 aliphatic rings. The van der Waals surface area contributed by atoms with Crippen LogP contribution in [-0.2, 0) is 9.47 Å². The van der Waals surface area contributed by atoms with Crippen molar-refractivity contribution in [2.24, 2.45) is 0 Å². The fourth-order valence-electron chi connectivity index (χ4n) is 0.510. The van der Waals surface area contributed by atoms with Crippen molar-refractivity contribution in [3.63, 3.8) is 0 Å². The van der Waals surface area contributed by atoms with Crippen LogP contribution in [0.3, 0.4) is 0 Å². The van der Waals surface area contributed by atoms with E-state index in [-0.39, 0.29) is 0 Å². The summed E-state index contributed by atoms with van der Waals surface area (Å²) in [5.74, 6) is 0. The van der Waals surface area contributed by atoms with Gasteiger partial charge in [-0.2, -0.15) is 0 Å². The molecule has 64 valence electrons. The lowest BCUT2D eigenvalue weighted by molar-refractivity contribution is 0.198. The van der Waals surface area contributed by atoms with Gasteiger partial charge in [0.05, 0.1) is 0 Å². The first-order valence-corrected chi connectivity index (χ1v) is 3.89. The Morgan fingerprint density at radius 3 is 1.40 bits per heavy atom. The van der Waals surface area contributed by atoms with Crippen LogP contribution >= 0.6 is 0 Å². The van der Waals surface area contributed by atoms with Gasteiger partial charge in [0, 0.05) is 27.4 Å². The average molecular weight is 148 g/mol. The molecule has 1 saturated heterocycles. The summed E-state index contributed by atoms with van der Waals surface area (Å²) in [4.78, 5) is 0. The summed E-state index contributed by atoms with van der Waals surface area (Å²) < 4.78 is 9.19. The monoisotopic (exact) mass is 148 g/mol. The van der Waals surface area contributed by atoms with Gasteiger partial charge >= 0.3 is 0 Å². The Bertz CT molecular complexity index is 26.6. The van der Waals surface area contributed by atoms with Crippen molar-refractivity contribution >= 4 is 0 Å². The standard InChI is InChI=1S/C4H8O.C2H6O.C2H6/c1-2-4-5-3-1;1-3-2;1-2/h1-4H2;1-2H3;1-2H3. The highest BCUT2D eigenvalue weighted by Gasteiger charge is 1.94. The molecule has 0 aromatic heterocycles. The van der Waals surface area contributed by atoms with Crippen LogP contribution in [0.15, 0.2) is 0 Å². The number of methoxy groups -OCH3 is 1. The number of rotatable bonds is 0. The van der Waals surface area contributed by atoms with E-state index in [0.717, 1.165) is 13.2 Å². The highest BCUT2D eigenvalue weighted by Crippen LogP contribution is 1.98. The Morgan fingerprint density at radius 2 is 1.30 bits per heavy atom. The van der Waals surface area contributed by atoms with Gasteiger partial charge in [0.15, 0.2) is 0 Å². The van der Waals surface area contributed by atoms with Gasteiger partial charge in [-0.15, -0.1) is 0 Å². The van der Waals surface area contributed by atoms with Gasteiger partial charge in [-0.3, -0.25) is 0 Å². The Labute approximate surface area is 64.5 Å². The molecule has 0 N–H and O–H groups in total. The van der Waals surface area contributed by atoms with Gasteiger partial charge in [0.25, 0.3) is 0 Å². The predicted octanol–water partition coefficient (Wildman–Crippen LogP) is 2.09. The lowest BCUT2D eigenvalue weighted by Crippen LogP contribution is -1.74. The van der Waals surface area contributed by atoms with Crippen LogP contribution in [0.4, 0.5) is 0 Å². The molecule has 1 rings (SSSR count). The molecule has 0 aromatic carbocycles. The summed E-state index contributed by atoms with van der Waals surface area (Å²) in [6, 6.07) is 0. The highest BCUT2D eigenvalue weighted by molar-refractivity contribution is 4.43. The van der Waals surface area contributed by atoms with E-state index in [0.29, 0.717) is 0 Å². The van der Waals surface area contributed by atoms with Crippen LogP contribution < -0.4 is 0 Å². The summed E-state index contributed by atoms with van der Waals surface area (Å²) in [5, 5.41) is 0. The van der Waals surface area contributed by atoms with Gasteiger partial charge in [-0.25, -0.2) is 0 Å². The van der Waals surface area contributed by atoms with E-state index in [1.54, 1.807) is 14.2 Å². The third kappa shape index (κ3) is 15.7. The lowest BCUT2D eigenvalue weighted by Gasteiger charge is -1.76. The lowest BCUT2D eigenvalue weighted by atomic mass is 10.4. The van der Waals surface area contributed by atoms with Crippen LogP contribution in [0.5, 0.6) is 0 Å². The number of hydrogen-bond acceptors (Lipinski definition) is 2. The molecule has 0 spiro atoms. The minimum atomic E-state index is 1.00.